The van der Waals surface area contributed by atoms with Gasteiger partial charge in [0, 0.05) is 43.3 Å². The normalized spacial score (nSPS) is 10.5. The van der Waals surface area contributed by atoms with Crippen LogP contribution in [0.25, 0.3) is 11.3 Å². The summed E-state index contributed by atoms with van der Waals surface area (Å²) in [4.78, 5) is 20.4. The highest BCUT2D eigenvalue weighted by atomic mass is 16.5. The Hall–Kier alpha value is -3.15. The molecule has 26 heavy (non-hydrogen) atoms. The first-order valence-corrected chi connectivity index (χ1v) is 8.50. The zero-order valence-electron chi connectivity index (χ0n) is 14.6. The highest BCUT2D eigenvalue weighted by Gasteiger charge is 2.09. The van der Waals surface area contributed by atoms with E-state index in [2.05, 4.69) is 15.3 Å². The van der Waals surface area contributed by atoms with E-state index in [1.54, 1.807) is 19.5 Å². The van der Waals surface area contributed by atoms with Gasteiger partial charge in [-0.15, -0.1) is 0 Å². The molecule has 1 amide bonds. The van der Waals surface area contributed by atoms with E-state index in [1.165, 1.54) is 0 Å². The predicted molar refractivity (Wildman–Crippen MR) is 97.8 cm³/mol. The monoisotopic (exact) mass is 351 g/mol. The van der Waals surface area contributed by atoms with Gasteiger partial charge < -0.3 is 14.5 Å². The van der Waals surface area contributed by atoms with Crippen LogP contribution in [0.1, 0.15) is 18.0 Å². The van der Waals surface area contributed by atoms with Gasteiger partial charge in [-0.3, -0.25) is 9.78 Å². The van der Waals surface area contributed by atoms with Crippen LogP contribution in [0, 0.1) is 0 Å². The van der Waals surface area contributed by atoms with Crippen LogP contribution in [0.4, 0.5) is 0 Å². The Bertz CT molecular complexity index is 829. The van der Waals surface area contributed by atoms with Gasteiger partial charge >= 0.3 is 0 Å². The van der Waals surface area contributed by atoms with Crippen molar-refractivity contribution >= 4 is 5.91 Å². The van der Waals surface area contributed by atoms with Crippen LogP contribution >= 0.6 is 0 Å². The molecule has 134 valence electrons. The number of nitrogens with zero attached hydrogens (tertiary/aromatic N) is 2. The van der Waals surface area contributed by atoms with Gasteiger partial charge in [0.2, 0.25) is 5.91 Å². The van der Waals surface area contributed by atoms with Crippen molar-refractivity contribution in [2.75, 3.05) is 13.7 Å². The quantitative estimate of drug-likeness (QED) is 0.675. The van der Waals surface area contributed by atoms with E-state index in [-0.39, 0.29) is 5.91 Å². The molecule has 6 nitrogen and oxygen atoms in total. The second-order valence-corrected chi connectivity index (χ2v) is 5.77. The maximum absolute atomic E-state index is 11.9. The molecule has 1 aromatic carbocycles. The van der Waals surface area contributed by atoms with Crippen LogP contribution in [0.3, 0.4) is 0 Å². The molecule has 3 rings (SSSR count). The lowest BCUT2D eigenvalue weighted by atomic mass is 10.2. The molecule has 0 unspecified atom stereocenters. The SMILES string of the molecule is COc1ccc(-c2cnc(CCC(=O)NCCc3ccccn3)o2)cc1. The summed E-state index contributed by atoms with van der Waals surface area (Å²) in [6, 6.07) is 13.3. The van der Waals surface area contributed by atoms with Gasteiger partial charge in [0.05, 0.1) is 13.3 Å². The highest BCUT2D eigenvalue weighted by molar-refractivity contribution is 5.76. The van der Waals surface area contributed by atoms with Crippen LogP contribution in [0.15, 0.2) is 59.3 Å². The van der Waals surface area contributed by atoms with Gasteiger partial charge in [0.15, 0.2) is 11.7 Å². The molecule has 0 bridgehead atoms. The predicted octanol–water partition coefficient (Wildman–Crippen LogP) is 3.04. The van der Waals surface area contributed by atoms with E-state index < -0.39 is 0 Å². The van der Waals surface area contributed by atoms with Crippen molar-refractivity contribution in [1.29, 1.82) is 0 Å². The number of amides is 1. The number of rotatable bonds is 8. The number of aromatic nitrogens is 2. The Morgan fingerprint density at radius 3 is 2.69 bits per heavy atom. The van der Waals surface area contributed by atoms with Crippen LogP contribution in [0.2, 0.25) is 0 Å². The topological polar surface area (TPSA) is 77.2 Å². The summed E-state index contributed by atoms with van der Waals surface area (Å²) in [5, 5.41) is 2.89. The van der Waals surface area contributed by atoms with Crippen molar-refractivity contribution in [3.05, 3.63) is 66.4 Å². The van der Waals surface area contributed by atoms with Gasteiger partial charge in [-0.2, -0.15) is 0 Å². The summed E-state index contributed by atoms with van der Waals surface area (Å²) in [7, 11) is 1.63. The number of aryl methyl sites for hydroxylation is 1. The molecule has 0 fully saturated rings. The maximum Gasteiger partial charge on any atom is 0.220 e. The Kier molecular flexibility index (Phi) is 5.98. The third-order valence-corrected chi connectivity index (χ3v) is 3.92. The fourth-order valence-electron chi connectivity index (χ4n) is 2.50. The number of benzene rings is 1. The first kappa shape index (κ1) is 17.7. The average molecular weight is 351 g/mol. The van der Waals surface area contributed by atoms with Crippen molar-refractivity contribution in [1.82, 2.24) is 15.3 Å². The fourth-order valence-corrected chi connectivity index (χ4v) is 2.50. The molecule has 0 aliphatic carbocycles. The summed E-state index contributed by atoms with van der Waals surface area (Å²) < 4.78 is 10.9. The summed E-state index contributed by atoms with van der Waals surface area (Å²) >= 11 is 0. The van der Waals surface area contributed by atoms with Crippen molar-refractivity contribution < 1.29 is 13.9 Å². The molecule has 2 aromatic heterocycles. The van der Waals surface area contributed by atoms with Gasteiger partial charge in [-0.05, 0) is 36.4 Å². The number of ether oxygens (including phenoxy) is 1. The number of hydrogen-bond donors (Lipinski definition) is 1. The van der Waals surface area contributed by atoms with Crippen molar-refractivity contribution in [2.45, 2.75) is 19.3 Å². The molecular weight excluding hydrogens is 330 g/mol. The molecule has 0 saturated heterocycles. The standard InChI is InChI=1S/C20H21N3O3/c1-25-17-7-5-15(6-8-17)18-14-23-20(26-18)10-9-19(24)22-13-11-16-4-2-3-12-21-16/h2-8,12,14H,9-11,13H2,1H3,(H,22,24). The first-order chi connectivity index (χ1) is 12.7. The zero-order chi connectivity index (χ0) is 18.2. The van der Waals surface area contributed by atoms with Crippen LogP contribution < -0.4 is 10.1 Å². The van der Waals surface area contributed by atoms with Gasteiger partial charge in [0.25, 0.3) is 0 Å². The summed E-state index contributed by atoms with van der Waals surface area (Å²) in [5.74, 6) is 2.00. The lowest BCUT2D eigenvalue weighted by molar-refractivity contribution is -0.121. The van der Waals surface area contributed by atoms with Crippen LogP contribution in [-0.2, 0) is 17.6 Å². The molecule has 3 aromatic rings. The summed E-state index contributed by atoms with van der Waals surface area (Å²) in [6.45, 7) is 0.568. The summed E-state index contributed by atoms with van der Waals surface area (Å²) in [6.07, 6.45) is 4.94. The smallest absolute Gasteiger partial charge is 0.220 e. The number of pyridine rings is 1. The lowest BCUT2D eigenvalue weighted by Gasteiger charge is -2.04. The minimum absolute atomic E-state index is 0.0230. The minimum atomic E-state index is -0.0230. The number of nitrogens with one attached hydrogen (secondary N) is 1. The Labute approximate surface area is 152 Å². The first-order valence-electron chi connectivity index (χ1n) is 8.50. The number of carbonyl (C=O) groups excluding carboxylic acids is 1. The Morgan fingerprint density at radius 2 is 1.96 bits per heavy atom. The second kappa shape index (κ2) is 8.80. The van der Waals surface area contributed by atoms with E-state index in [4.69, 9.17) is 9.15 Å². The molecule has 0 aliphatic heterocycles. The number of oxazole rings is 1. The van der Waals surface area contributed by atoms with E-state index in [0.29, 0.717) is 37.5 Å². The maximum atomic E-state index is 11.9. The van der Waals surface area contributed by atoms with Crippen molar-refractivity contribution in [2.24, 2.45) is 0 Å². The Morgan fingerprint density at radius 1 is 1.12 bits per heavy atom. The highest BCUT2D eigenvalue weighted by Crippen LogP contribution is 2.23. The zero-order valence-corrected chi connectivity index (χ0v) is 14.6. The van der Waals surface area contributed by atoms with E-state index >= 15 is 0 Å². The van der Waals surface area contributed by atoms with Gasteiger partial charge in [-0.1, -0.05) is 6.07 Å². The van der Waals surface area contributed by atoms with E-state index in [1.807, 2.05) is 42.5 Å². The molecule has 0 aliphatic rings. The van der Waals surface area contributed by atoms with Crippen molar-refractivity contribution in [3.8, 4) is 17.1 Å². The number of hydrogen-bond acceptors (Lipinski definition) is 5. The Balaban J connectivity index is 1.44. The largest absolute Gasteiger partial charge is 0.497 e. The van der Waals surface area contributed by atoms with E-state index in [0.717, 1.165) is 17.0 Å². The van der Waals surface area contributed by atoms with Gasteiger partial charge in [0.1, 0.15) is 5.75 Å². The van der Waals surface area contributed by atoms with Crippen molar-refractivity contribution in [3.63, 3.8) is 0 Å². The molecule has 0 saturated carbocycles. The third-order valence-electron chi connectivity index (χ3n) is 3.92. The lowest BCUT2D eigenvalue weighted by Crippen LogP contribution is -2.26. The number of methoxy groups -OCH3 is 1. The second-order valence-electron chi connectivity index (χ2n) is 5.77. The fraction of sp³-hybridized carbons (Fsp3) is 0.250. The third kappa shape index (κ3) is 4.92. The van der Waals surface area contributed by atoms with Crippen LogP contribution in [-0.4, -0.2) is 29.5 Å². The molecule has 6 heteroatoms. The van der Waals surface area contributed by atoms with E-state index in [9.17, 15) is 4.79 Å². The van der Waals surface area contributed by atoms with Gasteiger partial charge in [-0.25, -0.2) is 4.98 Å². The molecule has 0 atom stereocenters. The molecule has 0 spiro atoms. The van der Waals surface area contributed by atoms with Crippen LogP contribution in [0.5, 0.6) is 5.75 Å². The molecule has 0 radical (unpaired) electrons. The number of carbonyl (C=O) groups is 1. The minimum Gasteiger partial charge on any atom is -0.497 e. The molecular formula is C20H21N3O3. The average Bonchev–Trinajstić information content (AvgIpc) is 3.16. The summed E-state index contributed by atoms with van der Waals surface area (Å²) in [5.41, 5.74) is 1.88. The molecule has 1 N–H and O–H groups in total. The molecule has 2 heterocycles.